The Bertz CT molecular complexity index is 1210. The molecule has 45 heavy (non-hydrogen) atoms. The largest absolute Gasteiger partial charge is 0.486 e. The molecule has 0 radical (unpaired) electrons. The number of carbonyl (C=O) groups is 1. The van der Waals surface area contributed by atoms with Gasteiger partial charge in [0.2, 0.25) is 0 Å². The van der Waals surface area contributed by atoms with Gasteiger partial charge in [0.25, 0.3) is 11.5 Å². The topological polar surface area (TPSA) is 99.8 Å². The molecular weight excluding hydrogens is 610 g/mol. The van der Waals surface area contributed by atoms with Gasteiger partial charge >= 0.3 is 12.4 Å². The van der Waals surface area contributed by atoms with Gasteiger partial charge in [0.05, 0.1) is 32.4 Å². The van der Waals surface area contributed by atoms with Crippen LogP contribution in [0.3, 0.4) is 0 Å². The number of rotatable bonds is 7. The molecule has 10 nitrogen and oxygen atoms in total. The number of aromatic amines is 1. The summed E-state index contributed by atoms with van der Waals surface area (Å²) in [5, 5.41) is 8.34. The molecule has 16 heteroatoms. The van der Waals surface area contributed by atoms with Gasteiger partial charge in [-0.1, -0.05) is 6.42 Å². The van der Waals surface area contributed by atoms with Crippen LogP contribution in [-0.2, 0) is 15.7 Å². The van der Waals surface area contributed by atoms with Gasteiger partial charge in [-0.3, -0.25) is 19.8 Å². The smallest absolute Gasteiger partial charge is 0.442 e. The number of hydrogen-bond acceptors (Lipinski definition) is 7. The number of nitrogens with one attached hydrogen (secondary N) is 2. The van der Waals surface area contributed by atoms with Crippen molar-refractivity contribution in [3.05, 3.63) is 22.1 Å². The predicted molar refractivity (Wildman–Crippen MR) is 150 cm³/mol. The molecule has 254 valence electrons. The van der Waals surface area contributed by atoms with Crippen LogP contribution in [-0.4, -0.2) is 119 Å². The standard InChI is InChI=1S/C29H42F6N6O4/c1-19(45-22-15-37-38-26(42)25(22)29(33,34)35)18-44-21-9-12-40(27(21)43)20-7-10-39(11-8-20)24-17-41(13-5-3-2-4-6-14-41)23(16-36-24)28(30,31)32/h15,19-21,23-24,36H,2-14,16-18H2,1H3/p+1/t19-,21-,23?,24?/m0/s1. The number of amides is 1. The third-order valence-corrected chi connectivity index (χ3v) is 9.87. The van der Waals surface area contributed by atoms with Crippen molar-refractivity contribution in [2.24, 2.45) is 0 Å². The van der Waals surface area contributed by atoms with E-state index in [-0.39, 0.29) is 35.7 Å². The van der Waals surface area contributed by atoms with Crippen LogP contribution >= 0.6 is 0 Å². The number of ether oxygens (including phenoxy) is 2. The van der Waals surface area contributed by atoms with Gasteiger partial charge in [-0.05, 0) is 45.4 Å². The molecule has 1 aromatic rings. The van der Waals surface area contributed by atoms with Gasteiger partial charge in [0.1, 0.15) is 24.9 Å². The van der Waals surface area contributed by atoms with E-state index in [2.05, 4.69) is 15.3 Å². The number of likely N-dealkylation sites (tertiary alicyclic amines) is 2. The molecule has 0 saturated carbocycles. The molecule has 2 unspecified atom stereocenters. The zero-order valence-corrected chi connectivity index (χ0v) is 25.5. The number of alkyl halides is 6. The summed E-state index contributed by atoms with van der Waals surface area (Å²) >= 11 is 0. The van der Waals surface area contributed by atoms with Crippen molar-refractivity contribution in [1.82, 2.24) is 25.3 Å². The lowest BCUT2D eigenvalue weighted by Crippen LogP contribution is -2.75. The van der Waals surface area contributed by atoms with Gasteiger partial charge in [-0.15, -0.1) is 0 Å². The molecule has 5 rings (SSSR count). The molecule has 4 fully saturated rings. The van der Waals surface area contributed by atoms with Crippen LogP contribution in [0.5, 0.6) is 5.75 Å². The van der Waals surface area contributed by atoms with Crippen LogP contribution in [0.15, 0.2) is 11.0 Å². The third-order valence-electron chi connectivity index (χ3n) is 9.87. The van der Waals surface area contributed by atoms with Crippen LogP contribution < -0.4 is 15.6 Å². The summed E-state index contributed by atoms with van der Waals surface area (Å²) in [4.78, 5) is 28.9. The summed E-state index contributed by atoms with van der Waals surface area (Å²) in [5.74, 6) is -0.905. The van der Waals surface area contributed by atoms with Crippen molar-refractivity contribution in [2.45, 2.75) is 101 Å². The third kappa shape index (κ3) is 7.76. The number of halogens is 6. The molecule has 0 aromatic carbocycles. The monoisotopic (exact) mass is 653 g/mol. The van der Waals surface area contributed by atoms with Gasteiger partial charge in [0, 0.05) is 32.1 Å². The molecule has 1 amide bonds. The highest BCUT2D eigenvalue weighted by molar-refractivity contribution is 5.83. The molecule has 5 heterocycles. The van der Waals surface area contributed by atoms with Crippen molar-refractivity contribution >= 4 is 5.91 Å². The fourth-order valence-electron chi connectivity index (χ4n) is 7.58. The first-order valence-corrected chi connectivity index (χ1v) is 15.9. The minimum Gasteiger partial charge on any atom is -0.486 e. The van der Waals surface area contributed by atoms with Gasteiger partial charge in [0.15, 0.2) is 17.4 Å². The van der Waals surface area contributed by atoms with Crippen LogP contribution in [0, 0.1) is 0 Å². The molecule has 4 aliphatic rings. The van der Waals surface area contributed by atoms with Crippen molar-refractivity contribution in [3.8, 4) is 5.75 Å². The molecule has 0 bridgehead atoms. The van der Waals surface area contributed by atoms with Crippen LogP contribution in [0.2, 0.25) is 0 Å². The van der Waals surface area contributed by atoms with E-state index in [1.54, 1.807) is 10.00 Å². The highest BCUT2D eigenvalue weighted by Crippen LogP contribution is 2.36. The van der Waals surface area contributed by atoms with E-state index >= 15 is 0 Å². The fraction of sp³-hybridized carbons (Fsp3) is 0.828. The Balaban J connectivity index is 1.12. The highest BCUT2D eigenvalue weighted by Gasteiger charge is 2.57. The molecule has 1 aromatic heterocycles. The van der Waals surface area contributed by atoms with E-state index in [9.17, 15) is 35.9 Å². The molecule has 4 atom stereocenters. The summed E-state index contributed by atoms with van der Waals surface area (Å²) in [6.07, 6.45) is -3.76. The lowest BCUT2D eigenvalue weighted by molar-refractivity contribution is -0.967. The molecule has 1 spiro atoms. The van der Waals surface area contributed by atoms with Gasteiger partial charge in [-0.2, -0.15) is 31.4 Å². The average Bonchev–Trinajstić information content (AvgIpc) is 3.33. The van der Waals surface area contributed by atoms with E-state index in [0.29, 0.717) is 58.5 Å². The Morgan fingerprint density at radius 3 is 2.31 bits per heavy atom. The number of hydrogen-bond donors (Lipinski definition) is 2. The summed E-state index contributed by atoms with van der Waals surface area (Å²) in [5.41, 5.74) is -2.90. The lowest BCUT2D eigenvalue weighted by Gasteiger charge is -2.53. The number of H-pyrrole nitrogens is 1. The Hall–Kier alpha value is -2.43. The second-order valence-electron chi connectivity index (χ2n) is 12.9. The lowest BCUT2D eigenvalue weighted by atomic mass is 9.97. The first-order chi connectivity index (χ1) is 21.3. The quantitative estimate of drug-likeness (QED) is 0.345. The van der Waals surface area contributed by atoms with E-state index in [4.69, 9.17) is 9.47 Å². The summed E-state index contributed by atoms with van der Waals surface area (Å²) < 4.78 is 93.5. The number of quaternary nitrogens is 1. The molecule has 4 saturated heterocycles. The SMILES string of the molecule is C[C@@H](CO[C@H]1CCN(C2CCN(C3C[N+]4(CCCCCCC4)C(C(F)(F)F)CN3)CC2)C1=O)Oc1cn[nH]c(=O)c1C(F)(F)F. The Labute approximate surface area is 258 Å². The number of piperazine rings is 1. The van der Waals surface area contributed by atoms with Crippen LogP contribution in [0.4, 0.5) is 26.3 Å². The first kappa shape index (κ1) is 33.9. The average molecular weight is 654 g/mol. The Morgan fingerprint density at radius 1 is 1.00 bits per heavy atom. The van der Waals surface area contributed by atoms with Crippen molar-refractivity contribution in [1.29, 1.82) is 0 Å². The van der Waals surface area contributed by atoms with E-state index in [0.717, 1.165) is 38.3 Å². The minimum absolute atomic E-state index is 0.0242. The van der Waals surface area contributed by atoms with E-state index in [1.807, 2.05) is 0 Å². The Kier molecular flexibility index (Phi) is 10.4. The number of piperidine rings is 1. The maximum Gasteiger partial charge on any atom is 0.442 e. The van der Waals surface area contributed by atoms with E-state index < -0.39 is 47.5 Å². The van der Waals surface area contributed by atoms with Gasteiger partial charge < -0.3 is 18.9 Å². The molecule has 4 aliphatic heterocycles. The number of carbonyl (C=O) groups excluding carboxylic acids is 1. The van der Waals surface area contributed by atoms with Crippen molar-refractivity contribution in [2.75, 3.05) is 52.4 Å². The zero-order chi connectivity index (χ0) is 32.4. The number of nitrogens with zero attached hydrogens (tertiary/aromatic N) is 4. The summed E-state index contributed by atoms with van der Waals surface area (Å²) in [7, 11) is 0. The van der Waals surface area contributed by atoms with Crippen LogP contribution in [0.25, 0.3) is 0 Å². The maximum absolute atomic E-state index is 14.2. The van der Waals surface area contributed by atoms with Gasteiger partial charge in [-0.25, -0.2) is 5.10 Å². The fourth-order valence-corrected chi connectivity index (χ4v) is 7.58. The Morgan fingerprint density at radius 2 is 1.67 bits per heavy atom. The second-order valence-corrected chi connectivity index (χ2v) is 12.9. The van der Waals surface area contributed by atoms with Crippen molar-refractivity contribution < 1.29 is 45.1 Å². The minimum atomic E-state index is -4.93. The first-order valence-electron chi connectivity index (χ1n) is 15.9. The molecule has 0 aliphatic carbocycles. The molecular formula is C29H43F6N6O4+. The predicted octanol–water partition coefficient (Wildman–Crippen LogP) is 3.28. The second kappa shape index (κ2) is 13.7. The normalized spacial score (nSPS) is 28.2. The maximum atomic E-state index is 14.2. The van der Waals surface area contributed by atoms with Crippen molar-refractivity contribution in [3.63, 3.8) is 0 Å². The zero-order valence-electron chi connectivity index (χ0n) is 25.5. The van der Waals surface area contributed by atoms with E-state index in [1.165, 1.54) is 6.92 Å². The summed E-state index contributed by atoms with van der Waals surface area (Å²) in [6.45, 7) is 4.54. The highest BCUT2D eigenvalue weighted by atomic mass is 19.4. The molecule has 2 N–H and O–H groups in total. The summed E-state index contributed by atoms with van der Waals surface area (Å²) in [6, 6.07) is -1.42. The number of aromatic nitrogens is 2. The van der Waals surface area contributed by atoms with Crippen LogP contribution in [0.1, 0.15) is 63.9 Å².